The predicted molar refractivity (Wildman–Crippen MR) is 54.3 cm³/mol. The molecule has 0 aliphatic carbocycles. The van der Waals surface area contributed by atoms with Crippen molar-refractivity contribution in [2.45, 2.75) is 0 Å². The number of nitriles is 1. The number of pyridine rings is 1. The SMILES string of the molecule is N#Cc1cccc2c(=O)c(Cl)c[nH]c12. The quantitative estimate of drug-likeness (QED) is 0.714. The molecule has 68 valence electrons. The third-order valence-corrected chi connectivity index (χ3v) is 2.27. The number of aromatic nitrogens is 1. The maximum absolute atomic E-state index is 11.5. The lowest BCUT2D eigenvalue weighted by molar-refractivity contribution is 1.37. The van der Waals surface area contributed by atoms with Crippen LogP contribution < -0.4 is 5.43 Å². The number of hydrogen-bond acceptors (Lipinski definition) is 2. The highest BCUT2D eigenvalue weighted by Crippen LogP contribution is 2.14. The van der Waals surface area contributed by atoms with Crippen molar-refractivity contribution >= 4 is 22.5 Å². The van der Waals surface area contributed by atoms with Crippen molar-refractivity contribution in [1.29, 1.82) is 5.26 Å². The van der Waals surface area contributed by atoms with Crippen LogP contribution in [0.3, 0.4) is 0 Å². The van der Waals surface area contributed by atoms with E-state index in [1.165, 1.54) is 6.20 Å². The number of nitrogens with zero attached hydrogens (tertiary/aromatic N) is 1. The first-order valence-electron chi connectivity index (χ1n) is 3.94. The summed E-state index contributed by atoms with van der Waals surface area (Å²) in [6.45, 7) is 0. The Morgan fingerprint density at radius 1 is 1.43 bits per heavy atom. The summed E-state index contributed by atoms with van der Waals surface area (Å²) < 4.78 is 0. The van der Waals surface area contributed by atoms with E-state index in [0.29, 0.717) is 16.5 Å². The first-order valence-corrected chi connectivity index (χ1v) is 4.32. The number of para-hydroxylation sites is 1. The van der Waals surface area contributed by atoms with Gasteiger partial charge in [0.1, 0.15) is 11.1 Å². The van der Waals surface area contributed by atoms with Crippen LogP contribution in [-0.2, 0) is 0 Å². The number of hydrogen-bond donors (Lipinski definition) is 1. The van der Waals surface area contributed by atoms with Crippen molar-refractivity contribution in [3.05, 3.63) is 45.2 Å². The lowest BCUT2D eigenvalue weighted by Crippen LogP contribution is -2.03. The molecule has 1 N–H and O–H groups in total. The molecular formula is C10H5ClN2O. The lowest BCUT2D eigenvalue weighted by Gasteiger charge is -1.99. The largest absolute Gasteiger partial charge is 0.358 e. The minimum absolute atomic E-state index is 0.132. The van der Waals surface area contributed by atoms with Gasteiger partial charge in [-0.25, -0.2) is 0 Å². The van der Waals surface area contributed by atoms with Crippen molar-refractivity contribution in [2.24, 2.45) is 0 Å². The molecular weight excluding hydrogens is 200 g/mol. The molecule has 4 heteroatoms. The lowest BCUT2D eigenvalue weighted by atomic mass is 10.1. The molecule has 0 radical (unpaired) electrons. The first-order chi connectivity index (χ1) is 6.74. The van der Waals surface area contributed by atoms with E-state index in [-0.39, 0.29) is 10.5 Å². The van der Waals surface area contributed by atoms with E-state index in [9.17, 15) is 4.79 Å². The molecule has 14 heavy (non-hydrogen) atoms. The minimum Gasteiger partial charge on any atom is -0.358 e. The molecule has 1 aromatic carbocycles. The van der Waals surface area contributed by atoms with Crippen LogP contribution in [0.5, 0.6) is 0 Å². The Bertz CT molecular complexity index is 595. The van der Waals surface area contributed by atoms with Crippen LogP contribution in [0.25, 0.3) is 10.9 Å². The molecule has 0 amide bonds. The van der Waals surface area contributed by atoms with Gasteiger partial charge in [0.15, 0.2) is 0 Å². The van der Waals surface area contributed by atoms with Crippen LogP contribution in [0.1, 0.15) is 5.56 Å². The van der Waals surface area contributed by atoms with Gasteiger partial charge in [-0.05, 0) is 12.1 Å². The molecule has 0 fully saturated rings. The molecule has 0 atom stereocenters. The van der Waals surface area contributed by atoms with E-state index in [1.54, 1.807) is 18.2 Å². The number of H-pyrrole nitrogens is 1. The zero-order valence-electron chi connectivity index (χ0n) is 7.04. The van der Waals surface area contributed by atoms with E-state index < -0.39 is 0 Å². The van der Waals surface area contributed by atoms with Gasteiger partial charge in [-0.1, -0.05) is 17.7 Å². The molecule has 0 spiro atoms. The molecule has 0 aliphatic rings. The van der Waals surface area contributed by atoms with Crippen LogP contribution in [0.4, 0.5) is 0 Å². The van der Waals surface area contributed by atoms with Gasteiger partial charge < -0.3 is 4.98 Å². The minimum atomic E-state index is -0.252. The van der Waals surface area contributed by atoms with Crippen molar-refractivity contribution in [1.82, 2.24) is 4.98 Å². The summed E-state index contributed by atoms with van der Waals surface area (Å²) in [7, 11) is 0. The topological polar surface area (TPSA) is 56.6 Å². The van der Waals surface area contributed by atoms with Crippen LogP contribution in [0.2, 0.25) is 5.02 Å². The molecule has 0 saturated heterocycles. The van der Waals surface area contributed by atoms with Gasteiger partial charge in [0.25, 0.3) is 0 Å². The molecule has 2 rings (SSSR count). The number of rotatable bonds is 0. The maximum atomic E-state index is 11.5. The Kier molecular flexibility index (Phi) is 1.99. The molecule has 1 aromatic heterocycles. The standard InChI is InChI=1S/C10H5ClN2O/c11-8-5-13-9-6(4-12)2-1-3-7(9)10(8)14/h1-3,5H,(H,13,14). The summed E-state index contributed by atoms with van der Waals surface area (Å²) in [4.78, 5) is 14.4. The summed E-state index contributed by atoms with van der Waals surface area (Å²) in [6.07, 6.45) is 1.40. The average Bonchev–Trinajstić information content (AvgIpc) is 2.23. The molecule has 0 aliphatic heterocycles. The highest BCUT2D eigenvalue weighted by atomic mass is 35.5. The Balaban J connectivity index is 3.02. The first kappa shape index (κ1) is 8.79. The second-order valence-corrected chi connectivity index (χ2v) is 3.21. The van der Waals surface area contributed by atoms with E-state index >= 15 is 0 Å². The van der Waals surface area contributed by atoms with Crippen LogP contribution in [0, 0.1) is 11.3 Å². The summed E-state index contributed by atoms with van der Waals surface area (Å²) in [5, 5.41) is 9.36. The van der Waals surface area contributed by atoms with Gasteiger partial charge in [-0.3, -0.25) is 4.79 Å². The monoisotopic (exact) mass is 204 g/mol. The fourth-order valence-corrected chi connectivity index (χ4v) is 1.48. The van der Waals surface area contributed by atoms with Crippen molar-refractivity contribution in [3.63, 3.8) is 0 Å². The Hall–Kier alpha value is -1.79. The number of halogens is 1. The zero-order valence-corrected chi connectivity index (χ0v) is 7.80. The third kappa shape index (κ3) is 1.17. The number of benzene rings is 1. The fraction of sp³-hybridized carbons (Fsp3) is 0. The maximum Gasteiger partial charge on any atom is 0.207 e. The number of aromatic amines is 1. The van der Waals surface area contributed by atoms with Gasteiger partial charge in [-0.15, -0.1) is 0 Å². The second-order valence-electron chi connectivity index (χ2n) is 2.81. The van der Waals surface area contributed by atoms with Gasteiger partial charge in [0.2, 0.25) is 5.43 Å². The third-order valence-electron chi connectivity index (χ3n) is 1.99. The Morgan fingerprint density at radius 2 is 2.21 bits per heavy atom. The zero-order chi connectivity index (χ0) is 10.1. The predicted octanol–water partition coefficient (Wildman–Crippen LogP) is 2.05. The summed E-state index contributed by atoms with van der Waals surface area (Å²) in [6, 6.07) is 6.95. The van der Waals surface area contributed by atoms with E-state index in [2.05, 4.69) is 4.98 Å². The summed E-state index contributed by atoms with van der Waals surface area (Å²) >= 11 is 5.66. The molecule has 0 bridgehead atoms. The average molecular weight is 205 g/mol. The Morgan fingerprint density at radius 3 is 2.93 bits per heavy atom. The van der Waals surface area contributed by atoms with E-state index in [0.717, 1.165) is 0 Å². The molecule has 0 unspecified atom stereocenters. The summed E-state index contributed by atoms with van der Waals surface area (Å²) in [5.74, 6) is 0. The van der Waals surface area contributed by atoms with E-state index in [1.807, 2.05) is 6.07 Å². The van der Waals surface area contributed by atoms with Gasteiger partial charge in [0.05, 0.1) is 11.1 Å². The van der Waals surface area contributed by atoms with Gasteiger partial charge in [0, 0.05) is 11.6 Å². The van der Waals surface area contributed by atoms with Crippen molar-refractivity contribution in [2.75, 3.05) is 0 Å². The molecule has 2 aromatic rings. The van der Waals surface area contributed by atoms with Crippen molar-refractivity contribution in [3.8, 4) is 6.07 Å². The highest BCUT2D eigenvalue weighted by Gasteiger charge is 2.05. The number of nitrogens with one attached hydrogen (secondary N) is 1. The Labute approximate surface area is 84.6 Å². The van der Waals surface area contributed by atoms with Crippen molar-refractivity contribution < 1.29 is 0 Å². The number of fused-ring (bicyclic) bond motifs is 1. The summed E-state index contributed by atoms with van der Waals surface area (Å²) in [5.41, 5.74) is 0.721. The molecule has 3 nitrogen and oxygen atoms in total. The second kappa shape index (κ2) is 3.17. The fourth-order valence-electron chi connectivity index (χ4n) is 1.32. The van der Waals surface area contributed by atoms with Crippen LogP contribution in [0.15, 0.2) is 29.2 Å². The van der Waals surface area contributed by atoms with E-state index in [4.69, 9.17) is 16.9 Å². The molecule has 0 saturated carbocycles. The molecule has 1 heterocycles. The van der Waals surface area contributed by atoms with Gasteiger partial charge in [-0.2, -0.15) is 5.26 Å². The smallest absolute Gasteiger partial charge is 0.207 e. The van der Waals surface area contributed by atoms with Gasteiger partial charge >= 0.3 is 0 Å². The normalized spacial score (nSPS) is 10.0. The van der Waals surface area contributed by atoms with Crippen LogP contribution in [-0.4, -0.2) is 4.98 Å². The highest BCUT2D eigenvalue weighted by molar-refractivity contribution is 6.31. The van der Waals surface area contributed by atoms with Crippen LogP contribution >= 0.6 is 11.6 Å².